The topological polar surface area (TPSA) is 44.5 Å². The average molecular weight is 368 g/mol. The molecule has 122 valence electrons. The van der Waals surface area contributed by atoms with Crippen LogP contribution in [-0.2, 0) is 5.41 Å². The third kappa shape index (κ3) is 2.65. The standard InChI is InChI=1S/C18H26BrNO2/c1-12(2)15-16(18(11-20)6-4-3-5-7-18)13(19)10-14-17(15)22-9-8-21-14/h10,12H,3-9,11,20H2,1-2H3. The van der Waals surface area contributed by atoms with E-state index in [-0.39, 0.29) is 5.41 Å². The molecule has 4 heteroatoms. The molecule has 0 spiro atoms. The lowest BCUT2D eigenvalue weighted by Gasteiger charge is -2.40. The zero-order valence-electron chi connectivity index (χ0n) is 13.6. The molecule has 1 saturated carbocycles. The molecule has 1 fully saturated rings. The van der Waals surface area contributed by atoms with Crippen LogP contribution in [0.25, 0.3) is 0 Å². The Bertz CT molecular complexity index is 551. The van der Waals surface area contributed by atoms with Crippen molar-refractivity contribution >= 4 is 15.9 Å². The Kier molecular flexibility index (Phi) is 4.69. The molecule has 0 unspecified atom stereocenters. The molecule has 22 heavy (non-hydrogen) atoms. The Hall–Kier alpha value is -0.740. The van der Waals surface area contributed by atoms with Crippen LogP contribution in [0.3, 0.4) is 0 Å². The van der Waals surface area contributed by atoms with Gasteiger partial charge in [0.05, 0.1) is 0 Å². The van der Waals surface area contributed by atoms with Gasteiger partial charge in [-0.25, -0.2) is 0 Å². The Labute approximate surface area is 141 Å². The average Bonchev–Trinajstić information content (AvgIpc) is 2.54. The van der Waals surface area contributed by atoms with Gasteiger partial charge in [0.2, 0.25) is 0 Å². The summed E-state index contributed by atoms with van der Waals surface area (Å²) in [5.41, 5.74) is 9.03. The van der Waals surface area contributed by atoms with Crippen LogP contribution in [0.2, 0.25) is 0 Å². The normalized spacial score (nSPS) is 20.2. The van der Waals surface area contributed by atoms with E-state index in [0.29, 0.717) is 25.7 Å². The van der Waals surface area contributed by atoms with Crippen molar-refractivity contribution in [1.29, 1.82) is 0 Å². The first kappa shape index (κ1) is 16.1. The Balaban J connectivity index is 2.21. The highest BCUT2D eigenvalue weighted by Crippen LogP contribution is 2.51. The van der Waals surface area contributed by atoms with Crippen LogP contribution in [0.1, 0.15) is 63.0 Å². The summed E-state index contributed by atoms with van der Waals surface area (Å²) in [4.78, 5) is 0. The second-order valence-corrected chi connectivity index (χ2v) is 7.73. The molecular formula is C18H26BrNO2. The number of hydrogen-bond acceptors (Lipinski definition) is 3. The minimum absolute atomic E-state index is 0.0759. The van der Waals surface area contributed by atoms with Crippen LogP contribution in [0.5, 0.6) is 11.5 Å². The van der Waals surface area contributed by atoms with E-state index < -0.39 is 0 Å². The lowest BCUT2D eigenvalue weighted by Crippen LogP contribution is -2.39. The molecule has 0 amide bonds. The minimum atomic E-state index is 0.0759. The number of halogens is 1. The molecule has 1 aliphatic heterocycles. The molecule has 0 saturated heterocycles. The quantitative estimate of drug-likeness (QED) is 0.854. The van der Waals surface area contributed by atoms with E-state index in [1.54, 1.807) is 0 Å². The maximum Gasteiger partial charge on any atom is 0.165 e. The van der Waals surface area contributed by atoms with E-state index in [1.807, 2.05) is 0 Å². The Morgan fingerprint density at radius 2 is 1.86 bits per heavy atom. The van der Waals surface area contributed by atoms with Gasteiger partial charge < -0.3 is 15.2 Å². The molecule has 1 aliphatic carbocycles. The van der Waals surface area contributed by atoms with Crippen molar-refractivity contribution in [2.24, 2.45) is 5.73 Å². The summed E-state index contributed by atoms with van der Waals surface area (Å²) in [5, 5.41) is 0. The second-order valence-electron chi connectivity index (χ2n) is 6.87. The van der Waals surface area contributed by atoms with Crippen LogP contribution in [0, 0.1) is 0 Å². The van der Waals surface area contributed by atoms with E-state index in [4.69, 9.17) is 15.2 Å². The van der Waals surface area contributed by atoms with Crippen molar-refractivity contribution in [1.82, 2.24) is 0 Å². The fourth-order valence-corrected chi connectivity index (χ4v) is 4.90. The molecule has 1 aromatic rings. The Morgan fingerprint density at radius 3 is 2.50 bits per heavy atom. The molecule has 3 rings (SSSR count). The molecule has 1 heterocycles. The summed E-state index contributed by atoms with van der Waals surface area (Å²) in [6.45, 7) is 6.42. The summed E-state index contributed by atoms with van der Waals surface area (Å²) in [6, 6.07) is 2.09. The Morgan fingerprint density at radius 1 is 1.18 bits per heavy atom. The van der Waals surface area contributed by atoms with Crippen LogP contribution in [0.15, 0.2) is 10.5 Å². The van der Waals surface area contributed by atoms with Crippen molar-refractivity contribution in [3.8, 4) is 11.5 Å². The van der Waals surface area contributed by atoms with Crippen LogP contribution in [0.4, 0.5) is 0 Å². The van der Waals surface area contributed by atoms with Gasteiger partial charge in [-0.15, -0.1) is 0 Å². The number of nitrogens with two attached hydrogens (primary N) is 1. The van der Waals surface area contributed by atoms with Gasteiger partial charge in [-0.3, -0.25) is 0 Å². The van der Waals surface area contributed by atoms with Crippen molar-refractivity contribution < 1.29 is 9.47 Å². The van der Waals surface area contributed by atoms with E-state index in [9.17, 15) is 0 Å². The van der Waals surface area contributed by atoms with Gasteiger partial charge in [0.25, 0.3) is 0 Å². The van der Waals surface area contributed by atoms with Gasteiger partial charge in [0.1, 0.15) is 13.2 Å². The molecule has 0 radical (unpaired) electrons. The zero-order chi connectivity index (χ0) is 15.7. The van der Waals surface area contributed by atoms with Gasteiger partial charge in [-0.1, -0.05) is 49.0 Å². The SMILES string of the molecule is CC(C)c1c2c(cc(Br)c1C1(CN)CCCCC1)OCCO2. The van der Waals surface area contributed by atoms with Gasteiger partial charge >= 0.3 is 0 Å². The maximum atomic E-state index is 6.29. The highest BCUT2D eigenvalue weighted by atomic mass is 79.9. The number of hydrogen-bond donors (Lipinski definition) is 1. The predicted molar refractivity (Wildman–Crippen MR) is 93.0 cm³/mol. The summed E-state index contributed by atoms with van der Waals surface area (Å²) in [6.07, 6.45) is 6.18. The van der Waals surface area contributed by atoms with Crippen LogP contribution in [-0.4, -0.2) is 19.8 Å². The molecule has 1 aromatic carbocycles. The fourth-order valence-electron chi connectivity index (χ4n) is 4.05. The fraction of sp³-hybridized carbons (Fsp3) is 0.667. The number of ether oxygens (including phenoxy) is 2. The molecule has 2 aliphatic rings. The summed E-state index contributed by atoms with van der Waals surface area (Å²) < 4.78 is 13.0. The van der Waals surface area contributed by atoms with E-state index in [1.165, 1.54) is 43.2 Å². The van der Waals surface area contributed by atoms with Gasteiger partial charge in [-0.05, 0) is 30.4 Å². The van der Waals surface area contributed by atoms with Crippen molar-refractivity contribution in [3.05, 3.63) is 21.7 Å². The zero-order valence-corrected chi connectivity index (χ0v) is 15.2. The van der Waals surface area contributed by atoms with Gasteiger partial charge in [0, 0.05) is 22.0 Å². The first-order valence-electron chi connectivity index (χ1n) is 8.41. The smallest absolute Gasteiger partial charge is 0.165 e. The first-order valence-corrected chi connectivity index (χ1v) is 9.21. The molecule has 0 atom stereocenters. The van der Waals surface area contributed by atoms with Crippen LogP contribution < -0.4 is 15.2 Å². The minimum Gasteiger partial charge on any atom is -0.486 e. The van der Waals surface area contributed by atoms with Crippen molar-refractivity contribution in [3.63, 3.8) is 0 Å². The predicted octanol–water partition coefficient (Wildman–Crippen LogP) is 4.50. The van der Waals surface area contributed by atoms with E-state index in [0.717, 1.165) is 16.0 Å². The van der Waals surface area contributed by atoms with Crippen molar-refractivity contribution in [2.45, 2.75) is 57.3 Å². The van der Waals surface area contributed by atoms with E-state index >= 15 is 0 Å². The van der Waals surface area contributed by atoms with Crippen molar-refractivity contribution in [2.75, 3.05) is 19.8 Å². The largest absolute Gasteiger partial charge is 0.486 e. The number of fused-ring (bicyclic) bond motifs is 1. The summed E-state index contributed by atoms with van der Waals surface area (Å²) in [7, 11) is 0. The first-order chi connectivity index (χ1) is 10.6. The highest BCUT2D eigenvalue weighted by molar-refractivity contribution is 9.10. The molecule has 0 aromatic heterocycles. The monoisotopic (exact) mass is 367 g/mol. The highest BCUT2D eigenvalue weighted by Gasteiger charge is 2.39. The molecule has 3 nitrogen and oxygen atoms in total. The van der Waals surface area contributed by atoms with Crippen LogP contribution >= 0.6 is 15.9 Å². The summed E-state index contributed by atoms with van der Waals surface area (Å²) in [5.74, 6) is 2.19. The number of rotatable bonds is 3. The van der Waals surface area contributed by atoms with Gasteiger partial charge in [0.15, 0.2) is 11.5 Å². The lowest BCUT2D eigenvalue weighted by molar-refractivity contribution is 0.168. The third-order valence-electron chi connectivity index (χ3n) is 5.13. The lowest BCUT2D eigenvalue weighted by atomic mass is 9.67. The summed E-state index contributed by atoms with van der Waals surface area (Å²) >= 11 is 3.82. The molecule has 0 bridgehead atoms. The molecular weight excluding hydrogens is 342 g/mol. The van der Waals surface area contributed by atoms with E-state index in [2.05, 4.69) is 35.8 Å². The third-order valence-corrected chi connectivity index (χ3v) is 5.76. The molecule has 2 N–H and O–H groups in total. The maximum absolute atomic E-state index is 6.29. The number of benzene rings is 1. The van der Waals surface area contributed by atoms with Gasteiger partial charge in [-0.2, -0.15) is 0 Å². The second kappa shape index (κ2) is 6.40.